The standard InChI is InChI=1S/C18H16N2O3/c1-12-4-5-16-13(7-12)8-14-9-20(10-15-3-2-6-22-15)17(21)11-23-18(14)19-16/h2-8H,9-11H2,1H3. The predicted molar refractivity (Wildman–Crippen MR) is 84.9 cm³/mol. The van der Waals surface area contributed by atoms with Gasteiger partial charge in [0.2, 0.25) is 5.88 Å². The number of nitrogens with zero attached hydrogens (tertiary/aromatic N) is 2. The second kappa shape index (κ2) is 5.43. The van der Waals surface area contributed by atoms with Gasteiger partial charge in [-0.1, -0.05) is 11.6 Å². The number of hydrogen-bond acceptors (Lipinski definition) is 4. The Morgan fingerprint density at radius 3 is 3.00 bits per heavy atom. The molecule has 0 fully saturated rings. The summed E-state index contributed by atoms with van der Waals surface area (Å²) in [7, 11) is 0. The monoisotopic (exact) mass is 308 g/mol. The highest BCUT2D eigenvalue weighted by Gasteiger charge is 2.23. The van der Waals surface area contributed by atoms with Crippen LogP contribution in [-0.2, 0) is 17.9 Å². The van der Waals surface area contributed by atoms with Gasteiger partial charge in [0.15, 0.2) is 6.61 Å². The van der Waals surface area contributed by atoms with E-state index in [-0.39, 0.29) is 12.5 Å². The molecule has 0 unspecified atom stereocenters. The number of benzene rings is 1. The summed E-state index contributed by atoms with van der Waals surface area (Å²) in [6.45, 7) is 2.94. The van der Waals surface area contributed by atoms with Crippen LogP contribution in [0.3, 0.4) is 0 Å². The van der Waals surface area contributed by atoms with E-state index in [1.54, 1.807) is 11.2 Å². The van der Waals surface area contributed by atoms with Crippen molar-refractivity contribution in [3.05, 3.63) is 59.5 Å². The molecule has 0 bridgehead atoms. The average Bonchev–Trinajstić information content (AvgIpc) is 2.99. The Balaban J connectivity index is 1.71. The Kier molecular flexibility index (Phi) is 3.26. The Bertz CT molecular complexity index is 871. The van der Waals surface area contributed by atoms with Crippen LogP contribution in [0.2, 0.25) is 0 Å². The number of hydrogen-bond donors (Lipinski definition) is 0. The summed E-state index contributed by atoms with van der Waals surface area (Å²) in [5, 5.41) is 1.06. The van der Waals surface area contributed by atoms with Crippen LogP contribution in [0, 0.1) is 6.92 Å². The lowest BCUT2D eigenvalue weighted by Gasteiger charge is -2.18. The molecule has 1 amide bonds. The molecule has 0 radical (unpaired) electrons. The Morgan fingerprint density at radius 2 is 2.17 bits per heavy atom. The molecule has 0 aliphatic carbocycles. The average molecular weight is 308 g/mol. The van der Waals surface area contributed by atoms with Crippen LogP contribution in [0.1, 0.15) is 16.9 Å². The molecule has 116 valence electrons. The summed E-state index contributed by atoms with van der Waals surface area (Å²) in [5.74, 6) is 1.22. The fourth-order valence-corrected chi connectivity index (χ4v) is 2.81. The summed E-state index contributed by atoms with van der Waals surface area (Å²) in [6, 6.07) is 11.8. The molecule has 2 aromatic heterocycles. The normalized spacial score (nSPS) is 14.5. The maximum Gasteiger partial charge on any atom is 0.261 e. The van der Waals surface area contributed by atoms with Crippen molar-refractivity contribution in [2.75, 3.05) is 6.61 Å². The molecule has 0 saturated heterocycles. The van der Waals surface area contributed by atoms with E-state index in [9.17, 15) is 4.79 Å². The van der Waals surface area contributed by atoms with Gasteiger partial charge in [0.1, 0.15) is 5.76 Å². The molecule has 5 heteroatoms. The predicted octanol–water partition coefficient (Wildman–Crippen LogP) is 3.06. The molecule has 1 aromatic carbocycles. The van der Waals surface area contributed by atoms with Gasteiger partial charge in [0.05, 0.1) is 24.9 Å². The molecule has 4 rings (SSSR count). The van der Waals surface area contributed by atoms with Gasteiger partial charge in [-0.3, -0.25) is 4.79 Å². The van der Waals surface area contributed by atoms with Crippen LogP contribution in [0.25, 0.3) is 10.9 Å². The minimum atomic E-state index is -0.0698. The molecule has 0 saturated carbocycles. The number of furan rings is 1. The van der Waals surface area contributed by atoms with E-state index in [0.29, 0.717) is 19.0 Å². The summed E-state index contributed by atoms with van der Waals surface area (Å²) in [5.41, 5.74) is 2.97. The first-order valence-corrected chi connectivity index (χ1v) is 7.52. The van der Waals surface area contributed by atoms with Crippen LogP contribution >= 0.6 is 0 Å². The van der Waals surface area contributed by atoms with Crippen LogP contribution in [0.15, 0.2) is 47.1 Å². The molecule has 3 heterocycles. The molecule has 3 aromatic rings. The molecule has 5 nitrogen and oxygen atoms in total. The van der Waals surface area contributed by atoms with Gasteiger partial charge in [-0.2, -0.15) is 0 Å². The third kappa shape index (κ3) is 2.65. The zero-order valence-electron chi connectivity index (χ0n) is 12.8. The summed E-state index contributed by atoms with van der Waals surface area (Å²) in [4.78, 5) is 18.6. The van der Waals surface area contributed by atoms with Crippen molar-refractivity contribution in [2.45, 2.75) is 20.0 Å². The van der Waals surface area contributed by atoms with E-state index in [4.69, 9.17) is 9.15 Å². The number of fused-ring (bicyclic) bond motifs is 2. The van der Waals surface area contributed by atoms with E-state index in [0.717, 1.165) is 22.2 Å². The molecule has 1 aliphatic heterocycles. The maximum absolute atomic E-state index is 12.3. The van der Waals surface area contributed by atoms with Crippen LogP contribution in [-0.4, -0.2) is 22.4 Å². The van der Waals surface area contributed by atoms with Gasteiger partial charge in [0, 0.05) is 10.9 Å². The van der Waals surface area contributed by atoms with Gasteiger partial charge in [-0.25, -0.2) is 4.98 Å². The summed E-state index contributed by atoms with van der Waals surface area (Å²) < 4.78 is 11.0. The van der Waals surface area contributed by atoms with Crippen molar-refractivity contribution in [2.24, 2.45) is 0 Å². The first-order chi connectivity index (χ1) is 11.2. The third-order valence-electron chi connectivity index (χ3n) is 3.98. The Hall–Kier alpha value is -2.82. The number of carbonyl (C=O) groups is 1. The first-order valence-electron chi connectivity index (χ1n) is 7.52. The Morgan fingerprint density at radius 1 is 1.26 bits per heavy atom. The molecule has 23 heavy (non-hydrogen) atoms. The zero-order valence-corrected chi connectivity index (χ0v) is 12.8. The van der Waals surface area contributed by atoms with Gasteiger partial charge in [-0.15, -0.1) is 0 Å². The quantitative estimate of drug-likeness (QED) is 0.730. The van der Waals surface area contributed by atoms with Gasteiger partial charge < -0.3 is 14.1 Å². The summed E-state index contributed by atoms with van der Waals surface area (Å²) >= 11 is 0. The highest BCUT2D eigenvalue weighted by molar-refractivity contribution is 5.82. The number of aryl methyl sites for hydroxylation is 1. The van der Waals surface area contributed by atoms with Crippen molar-refractivity contribution in [1.29, 1.82) is 0 Å². The SMILES string of the molecule is Cc1ccc2nc3c(cc2c1)CN(Cc1ccco1)C(=O)CO3. The van der Waals surface area contributed by atoms with Crippen LogP contribution in [0.5, 0.6) is 5.88 Å². The van der Waals surface area contributed by atoms with Gasteiger partial charge in [-0.05, 0) is 37.3 Å². The molecule has 0 spiro atoms. The highest BCUT2D eigenvalue weighted by atomic mass is 16.5. The number of aromatic nitrogens is 1. The maximum atomic E-state index is 12.3. The highest BCUT2D eigenvalue weighted by Crippen LogP contribution is 2.27. The fraction of sp³-hybridized carbons (Fsp3) is 0.222. The van der Waals surface area contributed by atoms with Crippen molar-refractivity contribution in [3.8, 4) is 5.88 Å². The number of pyridine rings is 1. The lowest BCUT2D eigenvalue weighted by Crippen LogP contribution is -2.31. The van der Waals surface area contributed by atoms with Gasteiger partial charge in [0.25, 0.3) is 5.91 Å². The molecular weight excluding hydrogens is 292 g/mol. The molecule has 1 aliphatic rings. The Labute approximate surface area is 133 Å². The van der Waals surface area contributed by atoms with E-state index in [2.05, 4.69) is 17.1 Å². The van der Waals surface area contributed by atoms with Crippen molar-refractivity contribution < 1.29 is 13.9 Å². The first kappa shape index (κ1) is 13.8. The lowest BCUT2D eigenvalue weighted by molar-refractivity contribution is -0.134. The number of ether oxygens (including phenoxy) is 1. The van der Waals surface area contributed by atoms with E-state index in [1.165, 1.54) is 5.56 Å². The molecule has 0 N–H and O–H groups in total. The zero-order chi connectivity index (χ0) is 15.8. The van der Waals surface area contributed by atoms with Crippen LogP contribution in [0.4, 0.5) is 0 Å². The van der Waals surface area contributed by atoms with Crippen molar-refractivity contribution in [3.63, 3.8) is 0 Å². The minimum absolute atomic E-state index is 0.00191. The second-order valence-corrected chi connectivity index (χ2v) is 5.77. The fourth-order valence-electron chi connectivity index (χ4n) is 2.81. The van der Waals surface area contributed by atoms with Crippen LogP contribution < -0.4 is 4.74 Å². The smallest absolute Gasteiger partial charge is 0.261 e. The third-order valence-corrected chi connectivity index (χ3v) is 3.98. The number of carbonyl (C=O) groups excluding carboxylic acids is 1. The topological polar surface area (TPSA) is 55.6 Å². The van der Waals surface area contributed by atoms with Gasteiger partial charge >= 0.3 is 0 Å². The molecular formula is C18H16N2O3. The number of amides is 1. The number of rotatable bonds is 2. The van der Waals surface area contributed by atoms with E-state index >= 15 is 0 Å². The van der Waals surface area contributed by atoms with E-state index in [1.807, 2.05) is 31.2 Å². The second-order valence-electron chi connectivity index (χ2n) is 5.77. The van der Waals surface area contributed by atoms with E-state index < -0.39 is 0 Å². The minimum Gasteiger partial charge on any atom is -0.467 e. The summed E-state index contributed by atoms with van der Waals surface area (Å²) in [6.07, 6.45) is 1.61. The largest absolute Gasteiger partial charge is 0.467 e. The lowest BCUT2D eigenvalue weighted by atomic mass is 10.1. The van der Waals surface area contributed by atoms with Crippen molar-refractivity contribution >= 4 is 16.8 Å². The van der Waals surface area contributed by atoms with Crippen molar-refractivity contribution in [1.82, 2.24) is 9.88 Å². The molecule has 0 atom stereocenters.